The van der Waals surface area contributed by atoms with Crippen LogP contribution in [0.5, 0.6) is 0 Å². The Morgan fingerprint density at radius 3 is 2.40 bits per heavy atom. The number of hydrogen-bond donors (Lipinski definition) is 2. The standard InChI is InChI=1S/C13H23N3O4/c1-2-6-16(10-12(18)19)13(20)14-9-11(17)15-7-4-3-5-8-15/h2-10H2,1H3,(H,14,20)(H,18,19). The lowest BCUT2D eigenvalue weighted by molar-refractivity contribution is -0.137. The number of carbonyl (C=O) groups is 3. The Bertz CT molecular complexity index is 354. The molecule has 114 valence electrons. The van der Waals surface area contributed by atoms with Crippen LogP contribution in [0, 0.1) is 0 Å². The zero-order valence-electron chi connectivity index (χ0n) is 11.9. The highest BCUT2D eigenvalue weighted by Gasteiger charge is 2.19. The Labute approximate surface area is 118 Å². The summed E-state index contributed by atoms with van der Waals surface area (Å²) >= 11 is 0. The Balaban J connectivity index is 2.39. The van der Waals surface area contributed by atoms with E-state index in [4.69, 9.17) is 5.11 Å². The fraction of sp³-hybridized carbons (Fsp3) is 0.769. The molecule has 0 unspecified atom stereocenters. The number of carboxylic acid groups (broad SMARTS) is 1. The van der Waals surface area contributed by atoms with Crippen molar-refractivity contribution in [3.05, 3.63) is 0 Å². The quantitative estimate of drug-likeness (QED) is 0.744. The molecule has 0 aliphatic carbocycles. The summed E-state index contributed by atoms with van der Waals surface area (Å²) in [7, 11) is 0. The molecule has 1 fully saturated rings. The van der Waals surface area contributed by atoms with Crippen molar-refractivity contribution in [1.29, 1.82) is 0 Å². The SMILES string of the molecule is CCCN(CC(=O)O)C(=O)NCC(=O)N1CCCCC1. The second-order valence-corrected chi connectivity index (χ2v) is 4.92. The van der Waals surface area contributed by atoms with Crippen molar-refractivity contribution in [2.45, 2.75) is 32.6 Å². The van der Waals surface area contributed by atoms with Crippen LogP contribution in [0.15, 0.2) is 0 Å². The van der Waals surface area contributed by atoms with Crippen LogP contribution in [-0.2, 0) is 9.59 Å². The molecule has 0 saturated carbocycles. The number of likely N-dealkylation sites (tertiary alicyclic amines) is 1. The van der Waals surface area contributed by atoms with Gasteiger partial charge >= 0.3 is 12.0 Å². The molecule has 0 spiro atoms. The Morgan fingerprint density at radius 1 is 1.20 bits per heavy atom. The maximum atomic E-state index is 11.9. The highest BCUT2D eigenvalue weighted by atomic mass is 16.4. The minimum absolute atomic E-state index is 0.0708. The summed E-state index contributed by atoms with van der Waals surface area (Å²) in [5.41, 5.74) is 0. The number of carbonyl (C=O) groups excluding carboxylic acids is 2. The number of carboxylic acids is 1. The summed E-state index contributed by atoms with van der Waals surface area (Å²) in [5, 5.41) is 11.2. The zero-order chi connectivity index (χ0) is 15.0. The average molecular weight is 285 g/mol. The van der Waals surface area contributed by atoms with Crippen molar-refractivity contribution in [3.63, 3.8) is 0 Å². The largest absolute Gasteiger partial charge is 0.480 e. The van der Waals surface area contributed by atoms with Crippen molar-refractivity contribution >= 4 is 17.9 Å². The number of hydrogen-bond acceptors (Lipinski definition) is 3. The first kappa shape index (κ1) is 16.3. The van der Waals surface area contributed by atoms with E-state index in [2.05, 4.69) is 5.32 Å². The minimum atomic E-state index is -1.06. The van der Waals surface area contributed by atoms with Crippen LogP contribution >= 0.6 is 0 Å². The smallest absolute Gasteiger partial charge is 0.323 e. The number of aliphatic carboxylic acids is 1. The first-order chi connectivity index (χ1) is 9.54. The van der Waals surface area contributed by atoms with E-state index < -0.39 is 12.0 Å². The molecule has 0 bridgehead atoms. The van der Waals surface area contributed by atoms with Crippen LogP contribution in [0.25, 0.3) is 0 Å². The predicted molar refractivity (Wildman–Crippen MR) is 73.3 cm³/mol. The minimum Gasteiger partial charge on any atom is -0.480 e. The van der Waals surface area contributed by atoms with Gasteiger partial charge in [-0.05, 0) is 25.7 Å². The van der Waals surface area contributed by atoms with Crippen LogP contribution in [0.3, 0.4) is 0 Å². The summed E-state index contributed by atoms with van der Waals surface area (Å²) in [6.07, 6.45) is 3.81. The molecule has 1 aliphatic heterocycles. The summed E-state index contributed by atoms with van der Waals surface area (Å²) < 4.78 is 0. The molecule has 1 heterocycles. The normalized spacial score (nSPS) is 14.8. The van der Waals surface area contributed by atoms with Gasteiger partial charge < -0.3 is 20.2 Å². The van der Waals surface area contributed by atoms with Gasteiger partial charge in [0.25, 0.3) is 0 Å². The molecule has 1 saturated heterocycles. The number of nitrogens with one attached hydrogen (secondary N) is 1. The zero-order valence-corrected chi connectivity index (χ0v) is 11.9. The molecule has 1 aliphatic rings. The number of nitrogens with zero attached hydrogens (tertiary/aromatic N) is 2. The van der Waals surface area contributed by atoms with Crippen molar-refractivity contribution in [2.75, 3.05) is 32.7 Å². The van der Waals surface area contributed by atoms with Crippen LogP contribution in [-0.4, -0.2) is 65.5 Å². The second kappa shape index (κ2) is 8.39. The van der Waals surface area contributed by atoms with Crippen molar-refractivity contribution in [3.8, 4) is 0 Å². The maximum Gasteiger partial charge on any atom is 0.323 e. The summed E-state index contributed by atoms with van der Waals surface area (Å²) in [6, 6.07) is -0.500. The second-order valence-electron chi connectivity index (χ2n) is 4.92. The molecule has 2 N–H and O–H groups in total. The molecule has 1 rings (SSSR count). The monoisotopic (exact) mass is 285 g/mol. The van der Waals surface area contributed by atoms with E-state index in [0.29, 0.717) is 13.0 Å². The molecule has 0 aromatic carbocycles. The van der Waals surface area contributed by atoms with Gasteiger partial charge in [0.1, 0.15) is 6.54 Å². The van der Waals surface area contributed by atoms with Crippen molar-refractivity contribution in [1.82, 2.24) is 15.1 Å². The fourth-order valence-corrected chi connectivity index (χ4v) is 2.20. The number of piperidine rings is 1. The molecule has 0 aromatic rings. The fourth-order valence-electron chi connectivity index (χ4n) is 2.20. The Hall–Kier alpha value is -1.79. The number of amides is 3. The van der Waals surface area contributed by atoms with Crippen LogP contribution in [0.1, 0.15) is 32.6 Å². The van der Waals surface area contributed by atoms with Gasteiger partial charge in [0.15, 0.2) is 0 Å². The molecule has 0 atom stereocenters. The predicted octanol–water partition coefficient (Wildman–Crippen LogP) is 0.505. The molecule has 3 amide bonds. The van der Waals surface area contributed by atoms with Gasteiger partial charge in [0, 0.05) is 19.6 Å². The molecule has 20 heavy (non-hydrogen) atoms. The molecule has 0 radical (unpaired) electrons. The van der Waals surface area contributed by atoms with E-state index in [1.54, 1.807) is 4.90 Å². The third-order valence-electron chi connectivity index (χ3n) is 3.21. The van der Waals surface area contributed by atoms with E-state index in [1.165, 1.54) is 4.90 Å². The molecular formula is C13H23N3O4. The van der Waals surface area contributed by atoms with Gasteiger partial charge in [-0.3, -0.25) is 9.59 Å². The van der Waals surface area contributed by atoms with Crippen LogP contribution in [0.4, 0.5) is 4.79 Å². The maximum absolute atomic E-state index is 11.9. The third-order valence-corrected chi connectivity index (χ3v) is 3.21. The van der Waals surface area contributed by atoms with Gasteiger partial charge in [-0.25, -0.2) is 4.79 Å². The van der Waals surface area contributed by atoms with Crippen LogP contribution < -0.4 is 5.32 Å². The third kappa shape index (κ3) is 5.46. The lowest BCUT2D eigenvalue weighted by atomic mass is 10.1. The summed E-state index contributed by atoms with van der Waals surface area (Å²) in [6.45, 7) is 3.28. The van der Waals surface area contributed by atoms with E-state index >= 15 is 0 Å². The highest BCUT2D eigenvalue weighted by Crippen LogP contribution is 2.08. The van der Waals surface area contributed by atoms with Crippen LogP contribution in [0.2, 0.25) is 0 Å². The molecule has 7 nitrogen and oxygen atoms in total. The van der Waals surface area contributed by atoms with E-state index in [0.717, 1.165) is 32.4 Å². The molecule has 7 heteroatoms. The van der Waals surface area contributed by atoms with Crippen molar-refractivity contribution in [2.24, 2.45) is 0 Å². The Morgan fingerprint density at radius 2 is 1.85 bits per heavy atom. The number of urea groups is 1. The highest BCUT2D eigenvalue weighted by molar-refractivity contribution is 5.85. The number of rotatable bonds is 6. The van der Waals surface area contributed by atoms with Gasteiger partial charge in [-0.2, -0.15) is 0 Å². The average Bonchev–Trinajstić information content (AvgIpc) is 2.44. The van der Waals surface area contributed by atoms with E-state index in [-0.39, 0.29) is 19.0 Å². The van der Waals surface area contributed by atoms with E-state index in [1.807, 2.05) is 6.92 Å². The Kier molecular flexibility index (Phi) is 6.83. The van der Waals surface area contributed by atoms with Gasteiger partial charge in [0.05, 0.1) is 6.54 Å². The molecular weight excluding hydrogens is 262 g/mol. The topological polar surface area (TPSA) is 90.0 Å². The summed E-state index contributed by atoms with van der Waals surface area (Å²) in [5.74, 6) is -1.17. The van der Waals surface area contributed by atoms with Gasteiger partial charge in [-0.15, -0.1) is 0 Å². The molecule has 0 aromatic heterocycles. The van der Waals surface area contributed by atoms with Crippen molar-refractivity contribution < 1.29 is 19.5 Å². The van der Waals surface area contributed by atoms with Gasteiger partial charge in [-0.1, -0.05) is 6.92 Å². The first-order valence-corrected chi connectivity index (χ1v) is 7.07. The summed E-state index contributed by atoms with van der Waals surface area (Å²) in [4.78, 5) is 37.3. The lowest BCUT2D eigenvalue weighted by Crippen LogP contribution is -2.48. The lowest BCUT2D eigenvalue weighted by Gasteiger charge is -2.27. The first-order valence-electron chi connectivity index (χ1n) is 7.07. The van der Waals surface area contributed by atoms with E-state index in [9.17, 15) is 14.4 Å². The van der Waals surface area contributed by atoms with Gasteiger partial charge in [0.2, 0.25) is 5.91 Å².